The molecule has 0 amide bonds. The zero-order valence-corrected chi connectivity index (χ0v) is 38.1. The minimum atomic E-state index is 0.537. The normalized spacial score (nSPS) is 11.1. The van der Waals surface area contributed by atoms with E-state index in [1.165, 1.54) is 0 Å². The summed E-state index contributed by atoms with van der Waals surface area (Å²) in [5.41, 5.74) is 10.9. The summed E-state index contributed by atoms with van der Waals surface area (Å²) in [6, 6.07) is 65.4. The van der Waals surface area contributed by atoms with Crippen molar-refractivity contribution in [2.75, 3.05) is 38.2 Å². The van der Waals surface area contributed by atoms with Gasteiger partial charge in [0.2, 0.25) is 0 Å². The average molecular weight is 887 g/mol. The van der Waals surface area contributed by atoms with E-state index < -0.39 is 0 Å². The second-order valence-electron chi connectivity index (χ2n) is 15.9. The molecule has 330 valence electrons. The summed E-state index contributed by atoms with van der Waals surface area (Å²) in [6.07, 6.45) is 8.18. The van der Waals surface area contributed by atoms with Crippen molar-refractivity contribution in [1.29, 1.82) is 10.5 Å². The second kappa shape index (κ2) is 19.9. The maximum absolute atomic E-state index is 10.6. The number of fused-ring (bicyclic) bond motifs is 2. The number of nitriles is 2. The lowest BCUT2D eigenvalue weighted by atomic mass is 9.90. The monoisotopic (exact) mass is 886 g/mol. The Kier molecular flexibility index (Phi) is 12.9. The minimum Gasteiger partial charge on any atom is -0.497 e. The van der Waals surface area contributed by atoms with Crippen molar-refractivity contribution in [1.82, 2.24) is 0 Å². The first-order valence-electron chi connectivity index (χ1n) is 22.0. The number of methoxy groups -OCH3 is 4. The molecule has 0 bridgehead atoms. The highest BCUT2D eigenvalue weighted by Crippen LogP contribution is 2.39. The molecule has 9 rings (SSSR count). The first-order chi connectivity index (χ1) is 33.4. The Morgan fingerprint density at radius 2 is 0.544 bits per heavy atom. The van der Waals surface area contributed by atoms with E-state index in [1.54, 1.807) is 28.4 Å². The van der Waals surface area contributed by atoms with E-state index in [0.717, 1.165) is 101 Å². The molecule has 0 fully saturated rings. The van der Waals surface area contributed by atoms with Gasteiger partial charge in [-0.25, -0.2) is 0 Å². The van der Waals surface area contributed by atoms with Gasteiger partial charge in [0.15, 0.2) is 0 Å². The van der Waals surface area contributed by atoms with Gasteiger partial charge in [-0.2, -0.15) is 10.5 Å². The van der Waals surface area contributed by atoms with Gasteiger partial charge in [0.1, 0.15) is 35.1 Å². The van der Waals surface area contributed by atoms with Crippen molar-refractivity contribution in [2.24, 2.45) is 0 Å². The molecule has 9 aromatic rings. The Labute approximate surface area is 396 Å². The zero-order chi connectivity index (χ0) is 47.0. The first kappa shape index (κ1) is 44.0. The number of hydrogen-bond acceptors (Lipinski definition) is 8. The molecular weight excluding hydrogens is 841 g/mol. The topological polar surface area (TPSA) is 91.0 Å². The van der Waals surface area contributed by atoms with Crippen molar-refractivity contribution in [2.45, 2.75) is 0 Å². The molecule has 0 unspecified atom stereocenters. The van der Waals surface area contributed by atoms with Crippen LogP contribution in [-0.4, -0.2) is 28.4 Å². The van der Waals surface area contributed by atoms with Crippen LogP contribution >= 0.6 is 0 Å². The quantitative estimate of drug-likeness (QED) is 0.0788. The standard InChI is InChI=1S/C60H46N4O4/c1-65-51-27-19-47(20-28-51)63(48-21-29-52(66-2)30-22-48)45-15-9-41(10-16-45)5-7-43-13-35-55-57(37-43)59(39-61)56-36-14-44(38-58(56)60(55)40-62)8-6-42-11-17-46(18-12-42)64(49-23-31-53(67-3)32-24-49)50-25-33-54(68-4)34-26-50/h5-38H,1-4H3. The minimum absolute atomic E-state index is 0.537. The number of hydrogen-bond donors (Lipinski definition) is 0. The molecule has 0 N–H and O–H groups in total. The van der Waals surface area contributed by atoms with Crippen LogP contribution in [0.2, 0.25) is 0 Å². The van der Waals surface area contributed by atoms with Crippen LogP contribution < -0.4 is 28.7 Å². The Morgan fingerprint density at radius 3 is 0.794 bits per heavy atom. The summed E-state index contributed by atoms with van der Waals surface area (Å²) in [5.74, 6) is 3.15. The molecule has 0 atom stereocenters. The fourth-order valence-electron chi connectivity index (χ4n) is 8.39. The fourth-order valence-corrected chi connectivity index (χ4v) is 8.39. The Morgan fingerprint density at radius 1 is 0.309 bits per heavy atom. The van der Waals surface area contributed by atoms with Gasteiger partial charge in [-0.15, -0.1) is 0 Å². The molecule has 8 heteroatoms. The first-order valence-corrected chi connectivity index (χ1v) is 22.0. The maximum atomic E-state index is 10.6. The lowest BCUT2D eigenvalue weighted by Crippen LogP contribution is -2.09. The molecule has 0 aliphatic rings. The van der Waals surface area contributed by atoms with E-state index >= 15 is 0 Å². The third-order valence-corrected chi connectivity index (χ3v) is 11.9. The Hall–Kier alpha value is -9.24. The van der Waals surface area contributed by atoms with Crippen LogP contribution in [0.25, 0.3) is 45.8 Å². The molecule has 0 heterocycles. The molecule has 0 aromatic heterocycles. The van der Waals surface area contributed by atoms with Crippen molar-refractivity contribution < 1.29 is 18.9 Å². The lowest BCUT2D eigenvalue weighted by molar-refractivity contribution is 0.414. The van der Waals surface area contributed by atoms with Crippen molar-refractivity contribution in [3.63, 3.8) is 0 Å². The zero-order valence-electron chi connectivity index (χ0n) is 38.1. The highest BCUT2D eigenvalue weighted by molar-refractivity contribution is 6.10. The van der Waals surface area contributed by atoms with Gasteiger partial charge in [0.25, 0.3) is 0 Å². The van der Waals surface area contributed by atoms with E-state index in [4.69, 9.17) is 18.9 Å². The van der Waals surface area contributed by atoms with E-state index in [-0.39, 0.29) is 0 Å². The summed E-state index contributed by atoms with van der Waals surface area (Å²) >= 11 is 0. The number of rotatable bonds is 14. The van der Waals surface area contributed by atoms with E-state index in [0.29, 0.717) is 11.1 Å². The van der Waals surface area contributed by atoms with Gasteiger partial charge in [0.05, 0.1) is 39.6 Å². The summed E-state index contributed by atoms with van der Waals surface area (Å²) in [6.45, 7) is 0. The largest absolute Gasteiger partial charge is 0.497 e. The summed E-state index contributed by atoms with van der Waals surface area (Å²) < 4.78 is 21.7. The third-order valence-electron chi connectivity index (χ3n) is 11.9. The summed E-state index contributed by atoms with van der Waals surface area (Å²) in [5, 5.41) is 24.1. The lowest BCUT2D eigenvalue weighted by Gasteiger charge is -2.26. The number of nitrogens with zero attached hydrogens (tertiary/aromatic N) is 4. The van der Waals surface area contributed by atoms with Crippen LogP contribution in [-0.2, 0) is 0 Å². The van der Waals surface area contributed by atoms with Gasteiger partial charge < -0.3 is 28.7 Å². The predicted octanol–water partition coefficient (Wildman–Crippen LogP) is 15.1. The highest BCUT2D eigenvalue weighted by Gasteiger charge is 2.17. The number of ether oxygens (including phenoxy) is 4. The molecule has 8 nitrogen and oxygen atoms in total. The molecular formula is C60H46N4O4. The molecule has 0 aliphatic carbocycles. The Balaban J connectivity index is 0.964. The van der Waals surface area contributed by atoms with Gasteiger partial charge in [-0.05, 0) is 156 Å². The second-order valence-corrected chi connectivity index (χ2v) is 15.9. The van der Waals surface area contributed by atoms with E-state index in [9.17, 15) is 10.5 Å². The SMILES string of the molecule is COc1ccc(N(c2ccc(C=Cc3ccc4c(C#N)c5cc(C=Cc6ccc(N(c7ccc(OC)cc7)c7ccc(OC)cc7)cc6)ccc5c(C#N)c4c3)cc2)c2ccc(OC)cc2)cc1. The molecule has 9 aromatic carbocycles. The van der Waals surface area contributed by atoms with Crippen LogP contribution in [0, 0.1) is 22.7 Å². The molecule has 68 heavy (non-hydrogen) atoms. The van der Waals surface area contributed by atoms with Crippen molar-refractivity contribution >= 4 is 80.0 Å². The van der Waals surface area contributed by atoms with Crippen LogP contribution in [0.5, 0.6) is 23.0 Å². The molecule has 0 radical (unpaired) electrons. The maximum Gasteiger partial charge on any atom is 0.119 e. The van der Waals surface area contributed by atoms with Crippen LogP contribution in [0.3, 0.4) is 0 Å². The number of benzene rings is 9. The van der Waals surface area contributed by atoms with Crippen molar-refractivity contribution in [3.8, 4) is 35.1 Å². The van der Waals surface area contributed by atoms with Crippen LogP contribution in [0.15, 0.2) is 182 Å². The molecule has 0 aliphatic heterocycles. The average Bonchev–Trinajstić information content (AvgIpc) is 3.40. The highest BCUT2D eigenvalue weighted by atomic mass is 16.5. The van der Waals surface area contributed by atoms with Gasteiger partial charge in [-0.3, -0.25) is 0 Å². The van der Waals surface area contributed by atoms with Gasteiger partial charge in [0, 0.05) is 55.7 Å². The van der Waals surface area contributed by atoms with E-state index in [1.807, 2.05) is 146 Å². The molecule has 0 saturated carbocycles. The summed E-state index contributed by atoms with van der Waals surface area (Å²) in [7, 11) is 6.65. The summed E-state index contributed by atoms with van der Waals surface area (Å²) in [4.78, 5) is 4.36. The van der Waals surface area contributed by atoms with Crippen LogP contribution in [0.4, 0.5) is 34.1 Å². The van der Waals surface area contributed by atoms with Gasteiger partial charge >= 0.3 is 0 Å². The molecule has 0 saturated heterocycles. The number of anilines is 6. The third kappa shape index (κ3) is 9.17. The molecule has 0 spiro atoms. The Bertz CT molecular complexity index is 3040. The van der Waals surface area contributed by atoms with Crippen molar-refractivity contribution in [3.05, 3.63) is 215 Å². The van der Waals surface area contributed by atoms with Crippen LogP contribution in [0.1, 0.15) is 33.4 Å². The fraction of sp³-hybridized carbons (Fsp3) is 0.0667. The van der Waals surface area contributed by atoms with E-state index in [2.05, 4.69) is 82.6 Å². The van der Waals surface area contributed by atoms with Gasteiger partial charge in [-0.1, -0.05) is 72.8 Å². The predicted molar refractivity (Wildman–Crippen MR) is 277 cm³/mol. The smallest absolute Gasteiger partial charge is 0.119 e.